The predicted octanol–water partition coefficient (Wildman–Crippen LogP) is 4.01. The lowest BCUT2D eigenvalue weighted by Gasteiger charge is -2.05. The van der Waals surface area contributed by atoms with Gasteiger partial charge in [0.2, 0.25) is 0 Å². The van der Waals surface area contributed by atoms with Gasteiger partial charge >= 0.3 is 0 Å². The lowest BCUT2D eigenvalue weighted by atomic mass is 9.98. The van der Waals surface area contributed by atoms with E-state index in [1.165, 1.54) is 12.0 Å². The summed E-state index contributed by atoms with van der Waals surface area (Å²) in [6.07, 6.45) is 4.98. The average Bonchev–Trinajstić information content (AvgIpc) is 2.29. The van der Waals surface area contributed by atoms with Gasteiger partial charge in [-0.2, -0.15) is 0 Å². The van der Waals surface area contributed by atoms with Gasteiger partial charge in [0.1, 0.15) is 0 Å². The van der Waals surface area contributed by atoms with E-state index >= 15 is 0 Å². The first-order valence-corrected chi connectivity index (χ1v) is 5.90. The molecule has 0 bridgehead atoms. The summed E-state index contributed by atoms with van der Waals surface area (Å²) in [6, 6.07) is 7.95. The maximum Gasteiger partial charge on any atom is 0.163 e. The zero-order chi connectivity index (χ0) is 11.1. The smallest absolute Gasteiger partial charge is 0.163 e. The molecule has 0 N–H and O–H groups in total. The highest BCUT2D eigenvalue weighted by molar-refractivity contribution is 5.97. The minimum absolute atomic E-state index is 0.306. The summed E-state index contributed by atoms with van der Waals surface area (Å²) in [5, 5.41) is 0. The van der Waals surface area contributed by atoms with Crippen LogP contribution in [-0.4, -0.2) is 5.78 Å². The topological polar surface area (TPSA) is 17.1 Å². The van der Waals surface area contributed by atoms with Crippen LogP contribution in [0.5, 0.6) is 0 Å². The minimum atomic E-state index is 0.306. The molecule has 0 spiro atoms. The summed E-state index contributed by atoms with van der Waals surface area (Å²) in [4.78, 5) is 11.9. The monoisotopic (exact) mass is 204 g/mol. The second-order valence-electron chi connectivity index (χ2n) is 3.89. The molecule has 0 radical (unpaired) electrons. The van der Waals surface area contributed by atoms with E-state index in [-0.39, 0.29) is 0 Å². The van der Waals surface area contributed by atoms with Crippen LogP contribution in [0.15, 0.2) is 24.3 Å². The van der Waals surface area contributed by atoms with Gasteiger partial charge in [0.05, 0.1) is 0 Å². The van der Waals surface area contributed by atoms with Crippen LogP contribution in [0.25, 0.3) is 0 Å². The Bertz CT molecular complexity index is 315. The normalized spacial score (nSPS) is 10.3. The van der Waals surface area contributed by atoms with Gasteiger partial charge in [0, 0.05) is 12.0 Å². The summed E-state index contributed by atoms with van der Waals surface area (Å²) >= 11 is 0. The van der Waals surface area contributed by atoms with Gasteiger partial charge in [-0.25, -0.2) is 0 Å². The van der Waals surface area contributed by atoms with Crippen molar-refractivity contribution in [2.75, 3.05) is 0 Å². The number of Topliss-reactive ketones (excluding diaryl/α,β-unsaturated/α-hetero) is 1. The Hall–Kier alpha value is -1.11. The van der Waals surface area contributed by atoms with Crippen molar-refractivity contribution in [3.8, 4) is 0 Å². The number of unbranched alkanes of at least 4 members (excludes halogenated alkanes) is 2. The molecule has 0 amide bonds. The van der Waals surface area contributed by atoms with Gasteiger partial charge in [0.25, 0.3) is 0 Å². The summed E-state index contributed by atoms with van der Waals surface area (Å²) < 4.78 is 0. The Morgan fingerprint density at radius 3 is 2.53 bits per heavy atom. The van der Waals surface area contributed by atoms with Crippen LogP contribution in [0, 0.1) is 0 Å². The predicted molar refractivity (Wildman–Crippen MR) is 64.3 cm³/mol. The fourth-order valence-electron chi connectivity index (χ4n) is 1.77. The second kappa shape index (κ2) is 6.39. The standard InChI is InChI=1S/C14H20O/c1-3-5-6-11-14(15)13-10-8-7-9-12(13)4-2/h7-10H,3-6,11H2,1-2H3. The molecule has 1 nitrogen and oxygen atoms in total. The molecule has 1 aromatic carbocycles. The molecule has 82 valence electrons. The van der Waals surface area contributed by atoms with E-state index in [9.17, 15) is 4.79 Å². The molecule has 0 saturated carbocycles. The molecule has 1 aromatic rings. The lowest BCUT2D eigenvalue weighted by molar-refractivity contribution is 0.0978. The number of aryl methyl sites for hydroxylation is 1. The van der Waals surface area contributed by atoms with E-state index in [0.29, 0.717) is 12.2 Å². The fraction of sp³-hybridized carbons (Fsp3) is 0.500. The Morgan fingerprint density at radius 2 is 1.87 bits per heavy atom. The first-order chi connectivity index (χ1) is 7.29. The van der Waals surface area contributed by atoms with Crippen LogP contribution in [0.4, 0.5) is 0 Å². The van der Waals surface area contributed by atoms with E-state index in [1.807, 2.05) is 24.3 Å². The lowest BCUT2D eigenvalue weighted by Crippen LogP contribution is -2.02. The van der Waals surface area contributed by atoms with Crippen molar-refractivity contribution in [1.29, 1.82) is 0 Å². The average molecular weight is 204 g/mol. The summed E-state index contributed by atoms with van der Waals surface area (Å²) in [6.45, 7) is 4.25. The molecule has 0 atom stereocenters. The molecule has 1 rings (SSSR count). The van der Waals surface area contributed by atoms with Crippen LogP contribution in [-0.2, 0) is 6.42 Å². The zero-order valence-corrected chi connectivity index (χ0v) is 9.75. The number of carbonyl (C=O) groups is 1. The van der Waals surface area contributed by atoms with Crippen molar-refractivity contribution >= 4 is 5.78 Å². The second-order valence-corrected chi connectivity index (χ2v) is 3.89. The maximum atomic E-state index is 11.9. The first-order valence-electron chi connectivity index (χ1n) is 5.90. The molecule has 0 aliphatic carbocycles. The molecular weight excluding hydrogens is 184 g/mol. The first kappa shape index (κ1) is 12.0. The summed E-state index contributed by atoms with van der Waals surface area (Å²) in [7, 11) is 0. The maximum absolute atomic E-state index is 11.9. The number of rotatable bonds is 6. The van der Waals surface area contributed by atoms with Gasteiger partial charge in [-0.15, -0.1) is 0 Å². The van der Waals surface area contributed by atoms with Crippen molar-refractivity contribution < 1.29 is 4.79 Å². The highest BCUT2D eigenvalue weighted by Gasteiger charge is 2.08. The third-order valence-electron chi connectivity index (χ3n) is 2.71. The van der Waals surface area contributed by atoms with Crippen LogP contribution in [0.2, 0.25) is 0 Å². The number of benzene rings is 1. The quantitative estimate of drug-likeness (QED) is 0.505. The van der Waals surface area contributed by atoms with Gasteiger partial charge in [-0.3, -0.25) is 4.79 Å². The highest BCUT2D eigenvalue weighted by atomic mass is 16.1. The fourth-order valence-corrected chi connectivity index (χ4v) is 1.77. The van der Waals surface area contributed by atoms with E-state index in [2.05, 4.69) is 13.8 Å². The van der Waals surface area contributed by atoms with Crippen molar-refractivity contribution in [2.45, 2.75) is 46.0 Å². The third kappa shape index (κ3) is 3.50. The summed E-state index contributed by atoms with van der Waals surface area (Å²) in [5.41, 5.74) is 2.11. The van der Waals surface area contributed by atoms with Gasteiger partial charge in [-0.05, 0) is 18.4 Å². The van der Waals surface area contributed by atoms with Crippen molar-refractivity contribution in [3.05, 3.63) is 35.4 Å². The number of hydrogen-bond acceptors (Lipinski definition) is 1. The number of ketones is 1. The molecule has 0 unspecified atom stereocenters. The van der Waals surface area contributed by atoms with Crippen LogP contribution < -0.4 is 0 Å². The molecule has 0 fully saturated rings. The largest absolute Gasteiger partial charge is 0.294 e. The summed E-state index contributed by atoms with van der Waals surface area (Å²) in [5.74, 6) is 0.306. The molecule has 0 aliphatic heterocycles. The van der Waals surface area contributed by atoms with E-state index in [4.69, 9.17) is 0 Å². The van der Waals surface area contributed by atoms with E-state index in [1.54, 1.807) is 0 Å². The molecule has 0 aromatic heterocycles. The molecular formula is C14H20O. The molecule has 0 heterocycles. The highest BCUT2D eigenvalue weighted by Crippen LogP contribution is 2.13. The molecule has 1 heteroatoms. The van der Waals surface area contributed by atoms with Crippen LogP contribution in [0.3, 0.4) is 0 Å². The van der Waals surface area contributed by atoms with Crippen molar-refractivity contribution in [1.82, 2.24) is 0 Å². The zero-order valence-electron chi connectivity index (χ0n) is 9.75. The van der Waals surface area contributed by atoms with Crippen LogP contribution in [0.1, 0.15) is 55.5 Å². The molecule has 0 saturated heterocycles. The van der Waals surface area contributed by atoms with Gasteiger partial charge in [0.15, 0.2) is 5.78 Å². The SMILES string of the molecule is CCCCCC(=O)c1ccccc1CC. The van der Waals surface area contributed by atoms with E-state index < -0.39 is 0 Å². The third-order valence-corrected chi connectivity index (χ3v) is 2.71. The minimum Gasteiger partial charge on any atom is -0.294 e. The Balaban J connectivity index is 2.64. The van der Waals surface area contributed by atoms with Crippen molar-refractivity contribution in [2.24, 2.45) is 0 Å². The Kier molecular flexibility index (Phi) is 5.09. The number of carbonyl (C=O) groups excluding carboxylic acids is 1. The molecule has 15 heavy (non-hydrogen) atoms. The molecule has 0 aliphatic rings. The van der Waals surface area contributed by atoms with Gasteiger partial charge in [-0.1, -0.05) is 51.0 Å². The Labute approximate surface area is 92.5 Å². The number of hydrogen-bond donors (Lipinski definition) is 0. The van der Waals surface area contributed by atoms with Gasteiger partial charge < -0.3 is 0 Å². The van der Waals surface area contributed by atoms with E-state index in [0.717, 1.165) is 24.8 Å². The van der Waals surface area contributed by atoms with Crippen LogP contribution >= 0.6 is 0 Å². The van der Waals surface area contributed by atoms with Crippen molar-refractivity contribution in [3.63, 3.8) is 0 Å². The Morgan fingerprint density at radius 1 is 1.13 bits per heavy atom.